The zero-order valence-corrected chi connectivity index (χ0v) is 5.60. The van der Waals surface area contributed by atoms with Crippen molar-refractivity contribution in [2.75, 3.05) is 18.1 Å². The number of aryl methyl sites for hydroxylation is 1. The number of nitrogen functional groups attached to an aromatic ring is 1. The van der Waals surface area contributed by atoms with Gasteiger partial charge in [0.1, 0.15) is 5.69 Å². The van der Waals surface area contributed by atoms with Gasteiger partial charge >= 0.3 is 0 Å². The van der Waals surface area contributed by atoms with Crippen molar-refractivity contribution in [1.82, 2.24) is 5.10 Å². The molecule has 4 nitrogen and oxygen atoms in total. The van der Waals surface area contributed by atoms with Crippen LogP contribution in [-0.4, -0.2) is 12.1 Å². The molecular formula is C5H11N4+. The van der Waals surface area contributed by atoms with Gasteiger partial charge in [0.2, 0.25) is 6.20 Å². The van der Waals surface area contributed by atoms with E-state index in [1.165, 1.54) is 0 Å². The van der Waals surface area contributed by atoms with Crippen molar-refractivity contribution < 1.29 is 4.68 Å². The summed E-state index contributed by atoms with van der Waals surface area (Å²) in [7, 11) is 3.71. The number of aromatic amines is 1. The van der Waals surface area contributed by atoms with Crippen molar-refractivity contribution in [3.05, 3.63) is 6.20 Å². The zero-order valence-electron chi connectivity index (χ0n) is 5.60. The minimum absolute atomic E-state index is 0.736. The van der Waals surface area contributed by atoms with E-state index in [0.717, 1.165) is 11.5 Å². The largest absolute Gasteiger partial charge is 0.391 e. The summed E-state index contributed by atoms with van der Waals surface area (Å²) in [6, 6.07) is 0. The van der Waals surface area contributed by atoms with E-state index >= 15 is 0 Å². The first-order valence-electron chi connectivity index (χ1n) is 2.76. The van der Waals surface area contributed by atoms with Gasteiger partial charge in [0.15, 0.2) is 12.9 Å². The normalized spacial score (nSPS) is 9.56. The Hall–Kier alpha value is -1.19. The molecule has 50 valence electrons. The number of anilines is 2. The first-order chi connectivity index (χ1) is 4.24. The van der Waals surface area contributed by atoms with Crippen molar-refractivity contribution >= 4 is 11.5 Å². The maximum atomic E-state index is 5.54. The molecule has 0 spiro atoms. The number of H-pyrrole nitrogens is 1. The summed E-state index contributed by atoms with van der Waals surface area (Å²) >= 11 is 0. The lowest BCUT2D eigenvalue weighted by Gasteiger charge is -1.88. The Morgan fingerprint density at radius 2 is 2.44 bits per heavy atom. The van der Waals surface area contributed by atoms with Crippen LogP contribution in [0.4, 0.5) is 11.5 Å². The standard InChI is InChI=1S/C5H10N4/c1-7-5-4(6)3-9(2)8-5/h3H,6H2,1-2H3,(H,7,8)/p+1. The number of nitrogens with one attached hydrogen (secondary N) is 2. The third-order valence-electron chi connectivity index (χ3n) is 1.16. The summed E-state index contributed by atoms with van der Waals surface area (Å²) in [5, 5.41) is 5.89. The molecule has 4 N–H and O–H groups in total. The third kappa shape index (κ3) is 0.960. The molecule has 0 aliphatic rings. The van der Waals surface area contributed by atoms with E-state index in [4.69, 9.17) is 5.73 Å². The van der Waals surface area contributed by atoms with Crippen molar-refractivity contribution in [1.29, 1.82) is 0 Å². The van der Waals surface area contributed by atoms with Crippen LogP contribution >= 0.6 is 0 Å². The van der Waals surface area contributed by atoms with Crippen molar-refractivity contribution in [2.45, 2.75) is 0 Å². The second-order valence-electron chi connectivity index (χ2n) is 1.93. The number of hydrogen-bond acceptors (Lipinski definition) is 2. The first kappa shape index (κ1) is 5.94. The Labute approximate surface area is 53.7 Å². The van der Waals surface area contributed by atoms with Gasteiger partial charge in [-0.1, -0.05) is 0 Å². The molecule has 4 heteroatoms. The number of nitrogens with zero attached hydrogens (tertiary/aromatic N) is 1. The molecular weight excluding hydrogens is 116 g/mol. The van der Waals surface area contributed by atoms with Crippen LogP contribution in [0.1, 0.15) is 0 Å². The molecule has 1 aromatic rings. The van der Waals surface area contributed by atoms with E-state index in [2.05, 4.69) is 10.4 Å². The van der Waals surface area contributed by atoms with Crippen LogP contribution in [0.15, 0.2) is 6.20 Å². The molecule has 0 radical (unpaired) electrons. The second-order valence-corrected chi connectivity index (χ2v) is 1.93. The molecule has 0 aromatic carbocycles. The maximum Gasteiger partial charge on any atom is 0.220 e. The molecule has 1 rings (SSSR count). The summed E-state index contributed by atoms with van der Waals surface area (Å²) in [6.07, 6.45) is 1.81. The molecule has 0 amide bonds. The van der Waals surface area contributed by atoms with Gasteiger partial charge in [0.25, 0.3) is 0 Å². The van der Waals surface area contributed by atoms with E-state index in [-0.39, 0.29) is 0 Å². The molecule has 1 aromatic heterocycles. The average molecular weight is 127 g/mol. The highest BCUT2D eigenvalue weighted by Gasteiger charge is 2.04. The monoisotopic (exact) mass is 127 g/mol. The second kappa shape index (κ2) is 1.97. The topological polar surface area (TPSA) is 57.7 Å². The molecule has 0 fully saturated rings. The molecule has 0 saturated carbocycles. The number of hydrogen-bond donors (Lipinski definition) is 3. The van der Waals surface area contributed by atoms with Crippen molar-refractivity contribution in [2.24, 2.45) is 7.05 Å². The summed E-state index contributed by atoms with van der Waals surface area (Å²) < 4.78 is 1.79. The van der Waals surface area contributed by atoms with Crippen LogP contribution in [0.2, 0.25) is 0 Å². The minimum atomic E-state index is 0.736. The predicted molar refractivity (Wildman–Crippen MR) is 35.9 cm³/mol. The Kier molecular flexibility index (Phi) is 1.30. The van der Waals surface area contributed by atoms with Gasteiger partial charge in [-0.25, -0.2) is 0 Å². The van der Waals surface area contributed by atoms with E-state index < -0.39 is 0 Å². The van der Waals surface area contributed by atoms with Crippen LogP contribution in [0, 0.1) is 0 Å². The van der Waals surface area contributed by atoms with E-state index in [1.54, 1.807) is 4.68 Å². The minimum Gasteiger partial charge on any atom is -0.391 e. The molecule has 0 atom stereocenters. The highest BCUT2D eigenvalue weighted by Crippen LogP contribution is 2.08. The van der Waals surface area contributed by atoms with Crippen molar-refractivity contribution in [3.63, 3.8) is 0 Å². The fraction of sp³-hybridized carbons (Fsp3) is 0.400. The highest BCUT2D eigenvalue weighted by molar-refractivity contribution is 5.57. The highest BCUT2D eigenvalue weighted by atomic mass is 15.3. The molecule has 0 aliphatic carbocycles. The lowest BCUT2D eigenvalue weighted by molar-refractivity contribution is -0.725. The van der Waals surface area contributed by atoms with Crippen LogP contribution in [0.25, 0.3) is 0 Å². The van der Waals surface area contributed by atoms with Gasteiger partial charge in [-0.05, 0) is 0 Å². The van der Waals surface area contributed by atoms with E-state index in [0.29, 0.717) is 0 Å². The number of aromatic nitrogens is 2. The lowest BCUT2D eigenvalue weighted by atomic mass is 10.5. The number of nitrogens with two attached hydrogens (primary N) is 1. The van der Waals surface area contributed by atoms with Gasteiger partial charge in [-0.3, -0.25) is 0 Å². The Balaban J connectivity index is 3.01. The van der Waals surface area contributed by atoms with Gasteiger partial charge in [-0.15, -0.1) is 9.78 Å². The molecule has 0 bridgehead atoms. The zero-order chi connectivity index (χ0) is 6.85. The van der Waals surface area contributed by atoms with Gasteiger partial charge < -0.3 is 11.1 Å². The molecule has 0 aliphatic heterocycles. The lowest BCUT2D eigenvalue weighted by Crippen LogP contribution is -2.28. The summed E-state index contributed by atoms with van der Waals surface area (Å²) in [4.78, 5) is 0. The fourth-order valence-corrected chi connectivity index (χ4v) is 0.747. The van der Waals surface area contributed by atoms with E-state index in [9.17, 15) is 0 Å². The smallest absolute Gasteiger partial charge is 0.220 e. The Morgan fingerprint density at radius 1 is 1.78 bits per heavy atom. The van der Waals surface area contributed by atoms with Gasteiger partial charge in [-0.2, -0.15) is 0 Å². The predicted octanol–water partition coefficient (Wildman–Crippen LogP) is -0.537. The molecule has 0 unspecified atom stereocenters. The molecule has 9 heavy (non-hydrogen) atoms. The fourth-order valence-electron chi connectivity index (χ4n) is 0.747. The van der Waals surface area contributed by atoms with Crippen molar-refractivity contribution in [3.8, 4) is 0 Å². The summed E-state index contributed by atoms with van der Waals surface area (Å²) in [6.45, 7) is 0. The number of rotatable bonds is 1. The van der Waals surface area contributed by atoms with Gasteiger partial charge in [0, 0.05) is 7.05 Å². The van der Waals surface area contributed by atoms with Crippen LogP contribution in [0.3, 0.4) is 0 Å². The SMILES string of the molecule is CNc1[nH][n+](C)cc1N. The molecule has 0 saturated heterocycles. The van der Waals surface area contributed by atoms with Crippen LogP contribution in [0.5, 0.6) is 0 Å². The van der Waals surface area contributed by atoms with Gasteiger partial charge in [0.05, 0.1) is 0 Å². The van der Waals surface area contributed by atoms with Crippen LogP contribution < -0.4 is 15.7 Å². The average Bonchev–Trinajstić information content (AvgIpc) is 2.10. The molecule has 1 heterocycles. The van der Waals surface area contributed by atoms with E-state index in [1.807, 2.05) is 20.3 Å². The van der Waals surface area contributed by atoms with Crippen LogP contribution in [-0.2, 0) is 7.05 Å². The Bertz CT molecular complexity index is 203. The quantitative estimate of drug-likeness (QED) is 0.444. The maximum absolute atomic E-state index is 5.54. The summed E-state index contributed by atoms with van der Waals surface area (Å²) in [5.74, 6) is 0.859. The third-order valence-corrected chi connectivity index (χ3v) is 1.16. The summed E-state index contributed by atoms with van der Waals surface area (Å²) in [5.41, 5.74) is 6.27. The first-order valence-corrected chi connectivity index (χ1v) is 2.76. The Morgan fingerprint density at radius 3 is 2.67 bits per heavy atom.